The Morgan fingerprint density at radius 1 is 1.38 bits per heavy atom. The van der Waals surface area contributed by atoms with Crippen molar-refractivity contribution >= 4 is 37.2 Å². The van der Waals surface area contributed by atoms with Gasteiger partial charge in [-0.15, -0.1) is 0 Å². The number of hydrogen-bond acceptors (Lipinski definition) is 3. The van der Waals surface area contributed by atoms with Crippen LogP contribution in [0.25, 0.3) is 0 Å². The number of carbonyl (C=O) groups is 1. The molecule has 1 aromatic rings. The van der Waals surface area contributed by atoms with E-state index in [0.29, 0.717) is 12.6 Å². The van der Waals surface area contributed by atoms with Crippen LogP contribution in [0.2, 0.25) is 5.02 Å². The largest absolute Gasteiger partial charge is 0.333 e. The lowest BCUT2D eigenvalue weighted by Gasteiger charge is -2.32. The van der Waals surface area contributed by atoms with Gasteiger partial charge in [-0.05, 0) is 38.8 Å². The molecule has 0 N–H and O–H groups in total. The Kier molecular flexibility index (Phi) is 4.26. The van der Waals surface area contributed by atoms with E-state index in [1.165, 1.54) is 0 Å². The molecule has 1 heterocycles. The number of carbonyl (C=O) groups excluding carboxylic acids is 1. The van der Waals surface area contributed by atoms with E-state index < -0.39 is 30.7 Å². The van der Waals surface area contributed by atoms with Gasteiger partial charge in [0.05, 0.1) is 15.5 Å². The predicted molar refractivity (Wildman–Crippen MR) is 78.8 cm³/mol. The molecular formula is C13H14Cl2FNO3S. The highest BCUT2D eigenvalue weighted by Crippen LogP contribution is 2.33. The highest BCUT2D eigenvalue weighted by molar-refractivity contribution is 8.13. The van der Waals surface area contributed by atoms with Gasteiger partial charge in [0.2, 0.25) is 0 Å². The zero-order chi connectivity index (χ0) is 16.0. The quantitative estimate of drug-likeness (QED) is 0.765. The van der Waals surface area contributed by atoms with E-state index in [-0.39, 0.29) is 11.1 Å². The second-order valence-electron chi connectivity index (χ2n) is 5.58. The number of halogens is 3. The highest BCUT2D eigenvalue weighted by atomic mass is 35.7. The zero-order valence-corrected chi connectivity index (χ0v) is 13.8. The molecule has 21 heavy (non-hydrogen) atoms. The van der Waals surface area contributed by atoms with E-state index in [1.807, 2.05) is 13.8 Å². The Morgan fingerprint density at radius 3 is 2.48 bits per heavy atom. The van der Waals surface area contributed by atoms with Crippen LogP contribution in [-0.4, -0.2) is 31.3 Å². The van der Waals surface area contributed by atoms with Gasteiger partial charge in [-0.3, -0.25) is 4.79 Å². The van der Waals surface area contributed by atoms with Gasteiger partial charge in [-0.1, -0.05) is 11.6 Å². The topological polar surface area (TPSA) is 54.5 Å². The number of nitrogens with zero attached hydrogens (tertiary/aromatic N) is 1. The number of benzene rings is 1. The van der Waals surface area contributed by atoms with Crippen molar-refractivity contribution in [1.82, 2.24) is 4.90 Å². The second kappa shape index (κ2) is 5.41. The van der Waals surface area contributed by atoms with Crippen molar-refractivity contribution in [3.8, 4) is 0 Å². The lowest BCUT2D eigenvalue weighted by atomic mass is 10.0. The number of likely N-dealkylation sites (tertiary alicyclic amines) is 1. The van der Waals surface area contributed by atoms with E-state index >= 15 is 0 Å². The second-order valence-corrected chi connectivity index (χ2v) is 8.52. The molecular weight excluding hydrogens is 340 g/mol. The molecule has 0 unspecified atom stereocenters. The van der Waals surface area contributed by atoms with Crippen LogP contribution in [0, 0.1) is 5.82 Å². The van der Waals surface area contributed by atoms with Crippen molar-refractivity contribution in [3.05, 3.63) is 28.5 Å². The molecule has 8 heteroatoms. The van der Waals surface area contributed by atoms with Crippen LogP contribution in [0.3, 0.4) is 0 Å². The molecule has 1 saturated heterocycles. The fraction of sp³-hybridized carbons (Fsp3) is 0.462. The van der Waals surface area contributed by atoms with Crippen molar-refractivity contribution in [2.75, 3.05) is 6.54 Å². The minimum absolute atomic E-state index is 0.189. The summed E-state index contributed by atoms with van der Waals surface area (Å²) in [4.78, 5) is 13.6. The maximum absolute atomic E-state index is 13.8. The molecule has 1 aliphatic heterocycles. The minimum atomic E-state index is -4.15. The fourth-order valence-corrected chi connectivity index (χ4v) is 3.45. The molecule has 0 bridgehead atoms. The number of amides is 1. The summed E-state index contributed by atoms with van der Waals surface area (Å²) in [5.74, 6) is -1.48. The summed E-state index contributed by atoms with van der Waals surface area (Å²) in [5, 5.41) is -0.397. The summed E-state index contributed by atoms with van der Waals surface area (Å²) in [5.41, 5.74) is -0.571. The number of rotatable bonds is 2. The first-order valence-corrected chi connectivity index (χ1v) is 8.98. The molecule has 0 radical (unpaired) electrons. The first-order chi connectivity index (χ1) is 9.54. The van der Waals surface area contributed by atoms with Crippen molar-refractivity contribution in [2.45, 2.75) is 37.1 Å². The van der Waals surface area contributed by atoms with E-state index in [1.54, 1.807) is 4.90 Å². The molecule has 4 nitrogen and oxygen atoms in total. The predicted octanol–water partition coefficient (Wildman–Crippen LogP) is 3.42. The van der Waals surface area contributed by atoms with Crippen molar-refractivity contribution in [2.24, 2.45) is 0 Å². The first kappa shape index (κ1) is 16.5. The molecule has 0 aliphatic carbocycles. The summed E-state index contributed by atoms with van der Waals surface area (Å²) in [6.45, 7) is 4.30. The van der Waals surface area contributed by atoms with E-state index in [9.17, 15) is 17.6 Å². The Labute approximate surface area is 132 Å². The van der Waals surface area contributed by atoms with Crippen molar-refractivity contribution < 1.29 is 17.6 Å². The van der Waals surface area contributed by atoms with E-state index in [4.69, 9.17) is 22.3 Å². The third-order valence-corrected chi connectivity index (χ3v) is 5.38. The maximum Gasteiger partial charge on any atom is 0.261 e. The Morgan fingerprint density at radius 2 is 2.00 bits per heavy atom. The fourth-order valence-electron chi connectivity index (χ4n) is 2.49. The smallest absolute Gasteiger partial charge is 0.261 e. The molecule has 1 fully saturated rings. The van der Waals surface area contributed by atoms with Crippen LogP contribution in [0.4, 0.5) is 4.39 Å². The molecule has 0 saturated carbocycles. The van der Waals surface area contributed by atoms with Crippen LogP contribution < -0.4 is 0 Å². The molecule has 1 aliphatic rings. The van der Waals surface area contributed by atoms with Gasteiger partial charge in [-0.25, -0.2) is 12.8 Å². The molecule has 116 valence electrons. The summed E-state index contributed by atoms with van der Waals surface area (Å²) < 4.78 is 36.5. The van der Waals surface area contributed by atoms with Gasteiger partial charge in [0.1, 0.15) is 5.82 Å². The van der Waals surface area contributed by atoms with Crippen LogP contribution in [0.1, 0.15) is 37.0 Å². The monoisotopic (exact) mass is 353 g/mol. The summed E-state index contributed by atoms with van der Waals surface area (Å²) in [6.07, 6.45) is 1.64. The third kappa shape index (κ3) is 3.17. The normalized spacial score (nSPS) is 18.0. The zero-order valence-electron chi connectivity index (χ0n) is 11.5. The lowest BCUT2D eigenvalue weighted by molar-refractivity contribution is 0.0651. The van der Waals surface area contributed by atoms with Crippen LogP contribution in [0.15, 0.2) is 17.0 Å². The van der Waals surface area contributed by atoms with Crippen molar-refractivity contribution in [1.29, 1.82) is 0 Å². The number of hydrogen-bond donors (Lipinski definition) is 0. The average molecular weight is 354 g/mol. The summed E-state index contributed by atoms with van der Waals surface area (Å²) >= 11 is 5.82. The molecule has 0 spiro atoms. The van der Waals surface area contributed by atoms with Gasteiger partial charge in [0.25, 0.3) is 15.0 Å². The van der Waals surface area contributed by atoms with Crippen LogP contribution in [-0.2, 0) is 9.05 Å². The van der Waals surface area contributed by atoms with Crippen LogP contribution in [0.5, 0.6) is 0 Å². The summed E-state index contributed by atoms with van der Waals surface area (Å²) in [7, 11) is 1.07. The van der Waals surface area contributed by atoms with Gasteiger partial charge < -0.3 is 4.90 Å². The van der Waals surface area contributed by atoms with Crippen LogP contribution >= 0.6 is 22.3 Å². The molecule has 0 atom stereocenters. The summed E-state index contributed by atoms with van der Waals surface area (Å²) in [6, 6.07) is 1.72. The average Bonchev–Trinajstić information content (AvgIpc) is 2.70. The van der Waals surface area contributed by atoms with Crippen molar-refractivity contribution in [3.63, 3.8) is 0 Å². The maximum atomic E-state index is 13.8. The molecule has 1 aromatic carbocycles. The van der Waals surface area contributed by atoms with Gasteiger partial charge in [0, 0.05) is 22.8 Å². The minimum Gasteiger partial charge on any atom is -0.333 e. The Hall–Kier alpha value is -0.850. The van der Waals surface area contributed by atoms with E-state index in [2.05, 4.69) is 0 Å². The lowest BCUT2D eigenvalue weighted by Crippen LogP contribution is -2.42. The molecule has 0 aromatic heterocycles. The van der Waals surface area contributed by atoms with Gasteiger partial charge >= 0.3 is 0 Å². The van der Waals surface area contributed by atoms with Gasteiger partial charge in [-0.2, -0.15) is 0 Å². The molecule has 2 rings (SSSR count). The third-order valence-electron chi connectivity index (χ3n) is 3.66. The van der Waals surface area contributed by atoms with Gasteiger partial charge in [0.15, 0.2) is 0 Å². The first-order valence-electron chi connectivity index (χ1n) is 6.30. The Bertz CT molecular complexity index is 704. The Balaban J connectivity index is 2.53. The van der Waals surface area contributed by atoms with E-state index in [0.717, 1.165) is 18.9 Å². The standard InChI is InChI=1S/C13H14Cl2FNO3S/c1-13(2)4-3-5-17(13)12(18)9-6-8(21(15,19)20)7-10(16)11(9)14/h6-7H,3-5H2,1-2H3. The highest BCUT2D eigenvalue weighted by Gasteiger charge is 2.37. The molecule has 1 amide bonds. The SMILES string of the molecule is CC1(C)CCCN1C(=O)c1cc(S(=O)(=O)Cl)cc(F)c1Cl.